The van der Waals surface area contributed by atoms with Crippen molar-refractivity contribution in [3.05, 3.63) is 59.7 Å². The molecule has 1 heterocycles. The monoisotopic (exact) mass is 401 g/mol. The summed E-state index contributed by atoms with van der Waals surface area (Å²) in [6.07, 6.45) is -2.44. The lowest BCUT2D eigenvalue weighted by molar-refractivity contribution is -0.153. The van der Waals surface area contributed by atoms with Gasteiger partial charge in [-0.15, -0.1) is 0 Å². The first-order valence-electron chi connectivity index (χ1n) is 9.22. The van der Waals surface area contributed by atoms with Crippen LogP contribution in [0.3, 0.4) is 0 Å². The van der Waals surface area contributed by atoms with Crippen LogP contribution >= 0.6 is 0 Å². The molecule has 0 fully saturated rings. The number of amides is 1. The van der Waals surface area contributed by atoms with E-state index in [1.165, 1.54) is 0 Å². The Balaban J connectivity index is 1.45. The summed E-state index contributed by atoms with van der Waals surface area (Å²) in [6, 6.07) is 14.2. The van der Waals surface area contributed by atoms with Crippen molar-refractivity contribution in [2.75, 3.05) is 0 Å². The van der Waals surface area contributed by atoms with Crippen molar-refractivity contribution < 1.29 is 33.6 Å². The van der Waals surface area contributed by atoms with Gasteiger partial charge in [-0.05, 0) is 37.1 Å². The third-order valence-corrected chi connectivity index (χ3v) is 4.08. The van der Waals surface area contributed by atoms with E-state index in [9.17, 15) is 14.7 Å². The van der Waals surface area contributed by atoms with Crippen LogP contribution in [0, 0.1) is 0 Å². The first-order chi connectivity index (χ1) is 13.9. The third-order valence-electron chi connectivity index (χ3n) is 4.08. The zero-order valence-corrected chi connectivity index (χ0v) is 16.2. The summed E-state index contributed by atoms with van der Waals surface area (Å²) in [4.78, 5) is 23.2. The maximum atomic E-state index is 11.9. The topological polar surface area (TPSA) is 103 Å². The molecule has 0 aromatic heterocycles. The Morgan fingerprint density at radius 2 is 1.62 bits per heavy atom. The number of fused-ring (bicyclic) bond motifs is 1. The minimum Gasteiger partial charge on any atom is -0.479 e. The van der Waals surface area contributed by atoms with Gasteiger partial charge in [0.2, 0.25) is 0 Å². The highest BCUT2D eigenvalue weighted by Crippen LogP contribution is 2.33. The fourth-order valence-electron chi connectivity index (χ4n) is 2.75. The summed E-state index contributed by atoms with van der Waals surface area (Å²) in [7, 11) is 0. The van der Waals surface area contributed by atoms with E-state index >= 15 is 0 Å². The molecule has 29 heavy (non-hydrogen) atoms. The molecule has 2 N–H and O–H groups in total. The smallest absolute Gasteiger partial charge is 0.413 e. The molecule has 1 atom stereocenters. The summed E-state index contributed by atoms with van der Waals surface area (Å²) in [5, 5.41) is 11.7. The van der Waals surface area contributed by atoms with Crippen molar-refractivity contribution in [2.24, 2.45) is 0 Å². The minimum atomic E-state index is -0.999. The van der Waals surface area contributed by atoms with Crippen LogP contribution in [0.25, 0.3) is 0 Å². The van der Waals surface area contributed by atoms with Crippen LogP contribution in [-0.2, 0) is 27.3 Å². The Labute approximate surface area is 168 Å². The van der Waals surface area contributed by atoms with Crippen LogP contribution < -0.4 is 14.8 Å². The number of alkyl carbamates (subject to hydrolysis) is 1. The zero-order valence-electron chi connectivity index (χ0n) is 16.2. The van der Waals surface area contributed by atoms with E-state index in [4.69, 9.17) is 18.9 Å². The van der Waals surface area contributed by atoms with Crippen LogP contribution in [0.5, 0.6) is 11.5 Å². The predicted molar refractivity (Wildman–Crippen MR) is 103 cm³/mol. The van der Waals surface area contributed by atoms with Crippen LogP contribution in [0.15, 0.2) is 48.5 Å². The average Bonchev–Trinajstić information content (AvgIpc) is 3.08. The number of hydrogen-bond donors (Lipinski definition) is 2. The van der Waals surface area contributed by atoms with E-state index in [0.29, 0.717) is 11.5 Å². The van der Waals surface area contributed by atoms with Gasteiger partial charge in [0.05, 0.1) is 6.10 Å². The second-order valence-electron chi connectivity index (χ2n) is 6.77. The van der Waals surface area contributed by atoms with E-state index in [1.807, 2.05) is 0 Å². The third kappa shape index (κ3) is 5.86. The lowest BCUT2D eigenvalue weighted by Crippen LogP contribution is -2.40. The molecule has 0 saturated carbocycles. The number of ether oxygens (including phenoxy) is 4. The standard InChI is InChI=1S/C21H23NO7/c1-13(2)27-18(19(23)24)11-14-7-9-15(10-8-14)12-26-20(25)22-21-28-16-5-3-4-6-17(16)29-21/h3-10,13,18,21H,11-12H2,1-2H3,(H,22,25)(H,23,24). The molecule has 0 radical (unpaired) electrons. The van der Waals surface area contributed by atoms with E-state index in [1.54, 1.807) is 62.4 Å². The fourth-order valence-corrected chi connectivity index (χ4v) is 2.75. The van der Waals surface area contributed by atoms with Crippen molar-refractivity contribution in [3.8, 4) is 11.5 Å². The molecule has 0 saturated heterocycles. The predicted octanol–water partition coefficient (Wildman–Crippen LogP) is 3.09. The highest BCUT2D eigenvalue weighted by molar-refractivity contribution is 5.72. The number of para-hydroxylation sites is 2. The van der Waals surface area contributed by atoms with Gasteiger partial charge < -0.3 is 24.1 Å². The summed E-state index contributed by atoms with van der Waals surface area (Å²) < 4.78 is 21.5. The Morgan fingerprint density at radius 3 is 2.17 bits per heavy atom. The quantitative estimate of drug-likeness (QED) is 0.701. The number of carbonyl (C=O) groups is 2. The number of hydrogen-bond acceptors (Lipinski definition) is 6. The Kier molecular flexibility index (Phi) is 6.56. The number of carboxylic acid groups (broad SMARTS) is 1. The van der Waals surface area contributed by atoms with E-state index in [2.05, 4.69) is 5.32 Å². The van der Waals surface area contributed by atoms with Gasteiger partial charge in [0.25, 0.3) is 0 Å². The zero-order chi connectivity index (χ0) is 20.8. The van der Waals surface area contributed by atoms with Crippen molar-refractivity contribution in [2.45, 2.75) is 45.5 Å². The van der Waals surface area contributed by atoms with Gasteiger partial charge in [-0.2, -0.15) is 0 Å². The highest BCUT2D eigenvalue weighted by Gasteiger charge is 2.25. The number of carboxylic acids is 1. The van der Waals surface area contributed by atoms with Crippen LogP contribution in [0.2, 0.25) is 0 Å². The Hall–Kier alpha value is -3.26. The van der Waals surface area contributed by atoms with Crippen molar-refractivity contribution in [1.29, 1.82) is 0 Å². The molecular weight excluding hydrogens is 378 g/mol. The van der Waals surface area contributed by atoms with Crippen LogP contribution in [0.4, 0.5) is 4.79 Å². The molecule has 3 rings (SSSR count). The second kappa shape index (κ2) is 9.29. The maximum absolute atomic E-state index is 11.9. The maximum Gasteiger partial charge on any atom is 0.413 e. The fraction of sp³-hybridized carbons (Fsp3) is 0.333. The number of aliphatic carboxylic acids is 1. The molecule has 154 valence electrons. The number of benzene rings is 2. The molecule has 1 amide bonds. The van der Waals surface area contributed by atoms with Gasteiger partial charge in [0.15, 0.2) is 17.6 Å². The van der Waals surface area contributed by atoms with E-state index < -0.39 is 24.6 Å². The number of nitrogens with one attached hydrogen (secondary N) is 1. The normalized spacial score (nSPS) is 13.9. The van der Waals surface area contributed by atoms with Gasteiger partial charge in [0, 0.05) is 6.42 Å². The first-order valence-corrected chi connectivity index (χ1v) is 9.22. The summed E-state index contributed by atoms with van der Waals surface area (Å²) in [5.74, 6) is 0.102. The molecule has 1 aliphatic heterocycles. The van der Waals surface area contributed by atoms with Gasteiger partial charge in [-0.25, -0.2) is 9.59 Å². The molecule has 8 heteroatoms. The highest BCUT2D eigenvalue weighted by atomic mass is 16.7. The van der Waals surface area contributed by atoms with E-state index in [0.717, 1.165) is 11.1 Å². The molecular formula is C21H23NO7. The molecule has 2 aromatic rings. The second-order valence-corrected chi connectivity index (χ2v) is 6.77. The Bertz CT molecular complexity index is 825. The molecule has 0 spiro atoms. The molecule has 0 aliphatic carbocycles. The summed E-state index contributed by atoms with van der Waals surface area (Å²) in [6.45, 7) is 3.64. The number of rotatable bonds is 8. The largest absolute Gasteiger partial charge is 0.479 e. The summed E-state index contributed by atoms with van der Waals surface area (Å²) in [5.41, 5.74) is 1.58. The van der Waals surface area contributed by atoms with Gasteiger partial charge in [-0.1, -0.05) is 36.4 Å². The van der Waals surface area contributed by atoms with Crippen molar-refractivity contribution >= 4 is 12.1 Å². The minimum absolute atomic E-state index is 0.0522. The van der Waals surface area contributed by atoms with Crippen molar-refractivity contribution in [1.82, 2.24) is 5.32 Å². The van der Waals surface area contributed by atoms with Gasteiger partial charge >= 0.3 is 18.5 Å². The lowest BCUT2D eigenvalue weighted by Gasteiger charge is -2.16. The molecule has 1 aliphatic rings. The molecule has 0 bridgehead atoms. The molecule has 8 nitrogen and oxygen atoms in total. The van der Waals surface area contributed by atoms with Crippen molar-refractivity contribution in [3.63, 3.8) is 0 Å². The first kappa shape index (κ1) is 20.5. The lowest BCUT2D eigenvalue weighted by atomic mass is 10.1. The summed E-state index contributed by atoms with van der Waals surface area (Å²) >= 11 is 0. The molecule has 2 aromatic carbocycles. The van der Waals surface area contributed by atoms with Crippen LogP contribution in [0.1, 0.15) is 25.0 Å². The molecule has 1 unspecified atom stereocenters. The van der Waals surface area contributed by atoms with Crippen LogP contribution in [-0.4, -0.2) is 35.8 Å². The van der Waals surface area contributed by atoms with Gasteiger partial charge in [-0.3, -0.25) is 5.32 Å². The van der Waals surface area contributed by atoms with Gasteiger partial charge in [0.1, 0.15) is 6.61 Å². The number of carbonyl (C=O) groups excluding carboxylic acids is 1. The Morgan fingerprint density at radius 1 is 1.03 bits per heavy atom. The average molecular weight is 401 g/mol. The van der Waals surface area contributed by atoms with E-state index in [-0.39, 0.29) is 19.1 Å². The SMILES string of the molecule is CC(C)OC(Cc1ccc(COC(=O)NC2Oc3ccccc3O2)cc1)C(=O)O.